The average Bonchev–Trinajstić information content (AvgIpc) is 2.66. The Morgan fingerprint density at radius 3 is 2.41 bits per heavy atom. The van der Waals surface area contributed by atoms with Gasteiger partial charge in [-0.2, -0.15) is 0 Å². The fraction of sp³-hybridized carbons (Fsp3) is 0.500. The topological polar surface area (TPSA) is 62.8 Å². The van der Waals surface area contributed by atoms with Gasteiger partial charge in [0, 0.05) is 31.1 Å². The molecule has 1 aliphatic heterocycles. The van der Waals surface area contributed by atoms with E-state index in [1.807, 2.05) is 26.0 Å². The van der Waals surface area contributed by atoms with Crippen molar-refractivity contribution in [2.45, 2.75) is 33.7 Å². The van der Waals surface area contributed by atoms with Gasteiger partial charge in [0.05, 0.1) is 18.2 Å². The first-order chi connectivity index (χ1) is 13.0. The summed E-state index contributed by atoms with van der Waals surface area (Å²) in [5.74, 6) is -0.368. The maximum absolute atomic E-state index is 12.7. The average molecular weight is 392 g/mol. The quantitative estimate of drug-likeness (QED) is 0.381. The maximum atomic E-state index is 12.7. The smallest absolute Gasteiger partial charge is 0.338 e. The first kappa shape index (κ1) is 21.2. The summed E-state index contributed by atoms with van der Waals surface area (Å²) in [5, 5.41) is 6.70. The Morgan fingerprint density at radius 1 is 1.15 bits per heavy atom. The number of carbonyl (C=O) groups is 1. The molecule has 0 saturated heterocycles. The van der Waals surface area contributed by atoms with Gasteiger partial charge in [-0.05, 0) is 57.6 Å². The number of ether oxygens (including phenoxy) is 2. The number of anilines is 1. The Bertz CT molecular complexity index is 684. The van der Waals surface area contributed by atoms with Crippen LogP contribution >= 0.6 is 12.2 Å². The van der Waals surface area contributed by atoms with Crippen molar-refractivity contribution in [3.63, 3.8) is 0 Å². The highest BCUT2D eigenvalue weighted by atomic mass is 32.1. The van der Waals surface area contributed by atoms with E-state index in [0.717, 1.165) is 24.3 Å². The molecule has 0 spiro atoms. The number of hydrogen-bond donors (Lipinski definition) is 2. The Labute approximate surface area is 166 Å². The van der Waals surface area contributed by atoms with Gasteiger partial charge in [-0.3, -0.25) is 0 Å². The highest BCUT2D eigenvalue weighted by Gasteiger charge is 2.31. The van der Waals surface area contributed by atoms with Gasteiger partial charge in [0.15, 0.2) is 5.11 Å². The number of nitrogens with one attached hydrogen (secondary N) is 2. The molecule has 7 heteroatoms. The van der Waals surface area contributed by atoms with Crippen molar-refractivity contribution in [2.75, 3.05) is 37.8 Å². The molecule has 6 nitrogen and oxygen atoms in total. The first-order valence-electron chi connectivity index (χ1n) is 9.39. The number of rotatable bonds is 9. The third kappa shape index (κ3) is 5.43. The van der Waals surface area contributed by atoms with E-state index in [0.29, 0.717) is 29.6 Å². The normalized spacial score (nSPS) is 16.6. The van der Waals surface area contributed by atoms with Crippen molar-refractivity contribution in [1.29, 1.82) is 0 Å². The lowest BCUT2D eigenvalue weighted by Crippen LogP contribution is -2.45. The largest absolute Gasteiger partial charge is 0.460 e. The summed E-state index contributed by atoms with van der Waals surface area (Å²) in [6, 6.07) is 7.86. The molecule has 1 aromatic carbocycles. The van der Waals surface area contributed by atoms with Crippen molar-refractivity contribution in [1.82, 2.24) is 10.6 Å². The predicted molar refractivity (Wildman–Crippen MR) is 112 cm³/mol. The zero-order valence-electron chi connectivity index (χ0n) is 16.5. The fourth-order valence-corrected chi connectivity index (χ4v) is 3.37. The van der Waals surface area contributed by atoms with Gasteiger partial charge in [0.25, 0.3) is 0 Å². The van der Waals surface area contributed by atoms with Crippen LogP contribution in [0.3, 0.4) is 0 Å². The summed E-state index contributed by atoms with van der Waals surface area (Å²) in [4.78, 5) is 14.9. The third-order valence-electron chi connectivity index (χ3n) is 4.51. The molecule has 0 amide bonds. The van der Waals surface area contributed by atoms with Crippen LogP contribution in [0.4, 0.5) is 5.69 Å². The Hall–Kier alpha value is -2.12. The van der Waals surface area contributed by atoms with Crippen molar-refractivity contribution in [2.24, 2.45) is 0 Å². The zero-order chi connectivity index (χ0) is 19.8. The number of allylic oxidation sites excluding steroid dienone is 1. The lowest BCUT2D eigenvalue weighted by Gasteiger charge is -2.30. The van der Waals surface area contributed by atoms with Crippen LogP contribution in [0.15, 0.2) is 35.5 Å². The van der Waals surface area contributed by atoms with Crippen LogP contribution in [0.1, 0.15) is 39.3 Å². The number of carbonyl (C=O) groups excluding carboxylic acids is 1. The monoisotopic (exact) mass is 391 g/mol. The first-order valence-corrected chi connectivity index (χ1v) is 9.80. The fourth-order valence-electron chi connectivity index (χ4n) is 3.10. The van der Waals surface area contributed by atoms with Gasteiger partial charge in [0.2, 0.25) is 0 Å². The van der Waals surface area contributed by atoms with Gasteiger partial charge in [0.1, 0.15) is 6.61 Å². The van der Waals surface area contributed by atoms with E-state index < -0.39 is 0 Å². The minimum atomic E-state index is -0.368. The van der Waals surface area contributed by atoms with Crippen LogP contribution in [0.5, 0.6) is 0 Å². The Kier molecular flexibility index (Phi) is 8.06. The van der Waals surface area contributed by atoms with Crippen molar-refractivity contribution in [3.8, 4) is 0 Å². The number of esters is 1. The van der Waals surface area contributed by atoms with E-state index in [-0.39, 0.29) is 18.6 Å². The molecule has 1 heterocycles. The summed E-state index contributed by atoms with van der Waals surface area (Å²) < 4.78 is 10.6. The molecule has 148 valence electrons. The molecule has 0 bridgehead atoms. The summed E-state index contributed by atoms with van der Waals surface area (Å²) >= 11 is 5.29. The summed E-state index contributed by atoms with van der Waals surface area (Å²) in [7, 11) is 0. The number of benzene rings is 1. The number of thiocarbonyl (C=S) groups is 1. The second kappa shape index (κ2) is 10.3. The number of nitrogens with zero attached hydrogens (tertiary/aromatic N) is 1. The van der Waals surface area contributed by atoms with Crippen molar-refractivity contribution in [3.05, 3.63) is 41.1 Å². The summed E-state index contributed by atoms with van der Waals surface area (Å²) in [5.41, 5.74) is 3.36. The van der Waals surface area contributed by atoms with Crippen LogP contribution in [0, 0.1) is 0 Å². The third-order valence-corrected chi connectivity index (χ3v) is 4.73. The lowest BCUT2D eigenvalue weighted by atomic mass is 9.95. The Balaban J connectivity index is 2.22. The van der Waals surface area contributed by atoms with Gasteiger partial charge < -0.3 is 25.0 Å². The molecular weight excluding hydrogens is 362 g/mol. The van der Waals surface area contributed by atoms with Gasteiger partial charge in [-0.1, -0.05) is 12.1 Å². The maximum Gasteiger partial charge on any atom is 0.338 e. The van der Waals surface area contributed by atoms with E-state index in [4.69, 9.17) is 21.7 Å². The van der Waals surface area contributed by atoms with Gasteiger partial charge >= 0.3 is 5.97 Å². The summed E-state index contributed by atoms with van der Waals surface area (Å²) in [6.07, 6.45) is 0. The summed E-state index contributed by atoms with van der Waals surface area (Å²) in [6.45, 7) is 11.1. The van der Waals surface area contributed by atoms with Crippen LogP contribution in [0.25, 0.3) is 0 Å². The Morgan fingerprint density at radius 2 is 1.81 bits per heavy atom. The van der Waals surface area contributed by atoms with Crippen LogP contribution < -0.4 is 15.5 Å². The van der Waals surface area contributed by atoms with E-state index in [1.54, 1.807) is 0 Å². The predicted octanol–water partition coefficient (Wildman–Crippen LogP) is 2.91. The highest BCUT2D eigenvalue weighted by Crippen LogP contribution is 2.29. The SMILES string of the molecule is CCOCCOC(=O)C1=C(C)NC(=S)N[C@H]1c1ccc(N(CC)CC)cc1. The second-order valence-electron chi connectivity index (χ2n) is 6.17. The van der Waals surface area contributed by atoms with E-state index in [9.17, 15) is 4.79 Å². The van der Waals surface area contributed by atoms with Crippen LogP contribution in [-0.4, -0.2) is 44.0 Å². The molecule has 1 atom stereocenters. The molecule has 27 heavy (non-hydrogen) atoms. The van der Waals surface area contributed by atoms with Crippen molar-refractivity contribution < 1.29 is 14.3 Å². The molecule has 1 aromatic rings. The molecule has 0 saturated carbocycles. The van der Waals surface area contributed by atoms with Crippen LogP contribution in [0.2, 0.25) is 0 Å². The molecular formula is C20H29N3O3S. The molecule has 0 aromatic heterocycles. The molecule has 0 fully saturated rings. The molecule has 1 aliphatic rings. The molecule has 2 rings (SSSR count). The van der Waals surface area contributed by atoms with Gasteiger partial charge in [-0.25, -0.2) is 4.79 Å². The molecule has 0 aliphatic carbocycles. The standard InChI is InChI=1S/C20H29N3O3S/c1-5-23(6-2)16-10-8-15(9-11-16)18-17(14(4)21-20(27)22-18)19(24)26-13-12-25-7-3/h8-11,18H,5-7,12-13H2,1-4H3,(H2,21,22,27)/t18-/m0/s1. The second-order valence-corrected chi connectivity index (χ2v) is 6.58. The van der Waals surface area contributed by atoms with Crippen LogP contribution in [-0.2, 0) is 14.3 Å². The zero-order valence-corrected chi connectivity index (χ0v) is 17.3. The minimum absolute atomic E-state index is 0.224. The molecule has 0 unspecified atom stereocenters. The van der Waals surface area contributed by atoms with Crippen molar-refractivity contribution >= 4 is 29.0 Å². The number of hydrogen-bond acceptors (Lipinski definition) is 5. The highest BCUT2D eigenvalue weighted by molar-refractivity contribution is 7.80. The van der Waals surface area contributed by atoms with Gasteiger partial charge in [-0.15, -0.1) is 0 Å². The molecule has 0 radical (unpaired) electrons. The van der Waals surface area contributed by atoms with E-state index in [1.165, 1.54) is 0 Å². The molecule has 2 N–H and O–H groups in total. The minimum Gasteiger partial charge on any atom is -0.460 e. The van der Waals surface area contributed by atoms with E-state index >= 15 is 0 Å². The van der Waals surface area contributed by atoms with E-state index in [2.05, 4.69) is 41.5 Å². The lowest BCUT2D eigenvalue weighted by molar-refractivity contribution is -0.141.